The second kappa shape index (κ2) is 11.7. The van der Waals surface area contributed by atoms with Crippen molar-refractivity contribution in [3.8, 4) is 5.75 Å². The molecule has 0 heterocycles. The summed E-state index contributed by atoms with van der Waals surface area (Å²) >= 11 is 0. The number of aliphatic carboxylic acids is 1. The van der Waals surface area contributed by atoms with Crippen LogP contribution in [0, 0.1) is 0 Å². The molecule has 176 valence electrons. The average molecular weight is 455 g/mol. The highest BCUT2D eigenvalue weighted by molar-refractivity contribution is 5.90. The van der Waals surface area contributed by atoms with E-state index in [1.165, 1.54) is 0 Å². The Bertz CT molecular complexity index is 951. The lowest BCUT2D eigenvalue weighted by molar-refractivity contribution is -0.140. The van der Waals surface area contributed by atoms with Gasteiger partial charge in [-0.1, -0.05) is 48.5 Å². The molecule has 0 radical (unpaired) electrons. The van der Waals surface area contributed by atoms with Crippen LogP contribution in [-0.2, 0) is 27.4 Å². The fourth-order valence-corrected chi connectivity index (χ4v) is 2.83. The molecule has 8 heteroatoms. The van der Waals surface area contributed by atoms with Crippen molar-refractivity contribution in [1.82, 2.24) is 10.6 Å². The molecular formula is C25H30N2O6. The third-order valence-electron chi connectivity index (χ3n) is 4.42. The lowest BCUT2D eigenvalue weighted by atomic mass is 10.0. The van der Waals surface area contributed by atoms with Gasteiger partial charge in [0, 0.05) is 6.42 Å². The largest absolute Gasteiger partial charge is 0.489 e. The van der Waals surface area contributed by atoms with Crippen LogP contribution < -0.4 is 15.4 Å². The highest BCUT2D eigenvalue weighted by Crippen LogP contribution is 2.16. The number of rotatable bonds is 10. The van der Waals surface area contributed by atoms with E-state index in [1.54, 1.807) is 45.0 Å². The Morgan fingerprint density at radius 2 is 1.64 bits per heavy atom. The van der Waals surface area contributed by atoms with Crippen LogP contribution in [0.1, 0.15) is 31.9 Å². The summed E-state index contributed by atoms with van der Waals surface area (Å²) in [6.07, 6.45) is 0.438. The first-order chi connectivity index (χ1) is 15.6. The number of benzene rings is 2. The van der Waals surface area contributed by atoms with Crippen LogP contribution in [-0.4, -0.2) is 40.8 Å². The predicted octanol–water partition coefficient (Wildman–Crippen LogP) is 3.46. The van der Waals surface area contributed by atoms with Crippen molar-refractivity contribution >= 4 is 18.0 Å². The normalized spacial score (nSPS) is 12.7. The van der Waals surface area contributed by atoms with Crippen molar-refractivity contribution in [2.24, 2.45) is 0 Å². The highest BCUT2D eigenvalue weighted by Gasteiger charge is 2.27. The Morgan fingerprint density at radius 1 is 1.00 bits per heavy atom. The minimum absolute atomic E-state index is 0.119. The number of carbonyl (C=O) groups excluding carboxylic acids is 2. The molecule has 0 saturated heterocycles. The molecule has 0 unspecified atom stereocenters. The summed E-state index contributed by atoms with van der Waals surface area (Å²) in [7, 11) is 0. The fourth-order valence-electron chi connectivity index (χ4n) is 2.83. The van der Waals surface area contributed by atoms with E-state index in [9.17, 15) is 19.5 Å². The van der Waals surface area contributed by atoms with Crippen molar-refractivity contribution in [3.63, 3.8) is 0 Å². The van der Waals surface area contributed by atoms with Crippen LogP contribution in [0.15, 0.2) is 67.3 Å². The summed E-state index contributed by atoms with van der Waals surface area (Å²) in [5.74, 6) is -1.27. The molecule has 2 rings (SSSR count). The number of carbonyl (C=O) groups is 3. The standard InChI is InChI=1S/C25H30N2O6/c1-5-20(23(29)30)26-22(28)21(27-24(31)33-25(2,3)4)15-17-11-13-19(14-12-17)32-16-18-9-7-6-8-10-18/h5-14,20-21H,1,15-16H2,2-4H3,(H,26,28)(H,27,31)(H,29,30)/t20-,21-/m0/s1. The van der Waals surface area contributed by atoms with Crippen molar-refractivity contribution in [3.05, 3.63) is 78.4 Å². The second-order valence-corrected chi connectivity index (χ2v) is 8.38. The molecule has 8 nitrogen and oxygen atoms in total. The number of carboxylic acids is 1. The zero-order valence-electron chi connectivity index (χ0n) is 19.0. The maximum Gasteiger partial charge on any atom is 0.408 e. The van der Waals surface area contributed by atoms with Crippen LogP contribution in [0.25, 0.3) is 0 Å². The number of amides is 2. The van der Waals surface area contributed by atoms with Gasteiger partial charge in [-0.2, -0.15) is 0 Å². The zero-order valence-corrected chi connectivity index (χ0v) is 19.0. The van der Waals surface area contributed by atoms with Crippen LogP contribution in [0.2, 0.25) is 0 Å². The number of alkyl carbamates (subject to hydrolysis) is 1. The monoisotopic (exact) mass is 454 g/mol. The smallest absolute Gasteiger partial charge is 0.408 e. The Kier molecular flexibility index (Phi) is 9.03. The predicted molar refractivity (Wildman–Crippen MR) is 124 cm³/mol. The molecule has 0 aliphatic heterocycles. The minimum Gasteiger partial charge on any atom is -0.489 e. The van der Waals surface area contributed by atoms with Crippen molar-refractivity contribution < 1.29 is 29.0 Å². The molecule has 2 amide bonds. The van der Waals surface area contributed by atoms with Crippen molar-refractivity contribution in [2.75, 3.05) is 0 Å². The molecule has 2 atom stereocenters. The molecular weight excluding hydrogens is 424 g/mol. The van der Waals surface area contributed by atoms with Gasteiger partial charge < -0.3 is 25.2 Å². The molecule has 2 aromatic carbocycles. The lowest BCUT2D eigenvalue weighted by Crippen LogP contribution is -2.52. The van der Waals surface area contributed by atoms with E-state index < -0.39 is 35.7 Å². The quantitative estimate of drug-likeness (QED) is 0.474. The van der Waals surface area contributed by atoms with Gasteiger partial charge in [0.1, 0.15) is 30.0 Å². The molecule has 0 bridgehead atoms. The van der Waals surface area contributed by atoms with Gasteiger partial charge in [-0.3, -0.25) is 4.79 Å². The first-order valence-electron chi connectivity index (χ1n) is 10.5. The molecule has 2 aromatic rings. The zero-order chi connectivity index (χ0) is 24.4. The van der Waals surface area contributed by atoms with Gasteiger partial charge in [-0.15, -0.1) is 6.58 Å². The number of hydrogen-bond donors (Lipinski definition) is 3. The molecule has 0 aromatic heterocycles. The molecule has 0 spiro atoms. The fraction of sp³-hybridized carbons (Fsp3) is 0.320. The van der Waals surface area contributed by atoms with Gasteiger partial charge in [0.2, 0.25) is 5.91 Å². The number of ether oxygens (including phenoxy) is 2. The molecule has 0 saturated carbocycles. The molecule has 0 fully saturated rings. The molecule has 3 N–H and O–H groups in total. The molecule has 33 heavy (non-hydrogen) atoms. The van der Waals surface area contributed by atoms with Gasteiger partial charge in [0.05, 0.1) is 0 Å². The Labute approximate surface area is 193 Å². The van der Waals surface area contributed by atoms with Crippen molar-refractivity contribution in [1.29, 1.82) is 0 Å². The third kappa shape index (κ3) is 9.06. The summed E-state index contributed by atoms with van der Waals surface area (Å²) in [5.41, 5.74) is 1.02. The Balaban J connectivity index is 2.08. The summed E-state index contributed by atoms with van der Waals surface area (Å²) in [4.78, 5) is 36.2. The van der Waals surface area contributed by atoms with Gasteiger partial charge in [-0.05, 0) is 44.0 Å². The van der Waals surface area contributed by atoms with Crippen LogP contribution in [0.5, 0.6) is 5.75 Å². The molecule has 0 aliphatic rings. The van der Waals surface area contributed by atoms with Gasteiger partial charge in [0.15, 0.2) is 0 Å². The van der Waals surface area contributed by atoms with E-state index in [0.29, 0.717) is 12.4 Å². The average Bonchev–Trinajstić information content (AvgIpc) is 2.75. The van der Waals surface area contributed by atoms with Crippen molar-refractivity contribution in [2.45, 2.75) is 51.5 Å². The van der Waals surface area contributed by atoms with E-state index in [4.69, 9.17) is 9.47 Å². The van der Waals surface area contributed by atoms with E-state index in [0.717, 1.165) is 17.2 Å². The maximum absolute atomic E-state index is 12.7. The number of nitrogens with one attached hydrogen (secondary N) is 2. The lowest BCUT2D eigenvalue weighted by Gasteiger charge is -2.24. The highest BCUT2D eigenvalue weighted by atomic mass is 16.6. The van der Waals surface area contributed by atoms with Crippen LogP contribution in [0.3, 0.4) is 0 Å². The Hall–Kier alpha value is -3.81. The molecule has 0 aliphatic carbocycles. The topological polar surface area (TPSA) is 114 Å². The summed E-state index contributed by atoms with van der Waals surface area (Å²) in [6, 6.07) is 14.5. The summed E-state index contributed by atoms with van der Waals surface area (Å²) in [6.45, 7) is 8.94. The third-order valence-corrected chi connectivity index (χ3v) is 4.42. The Morgan fingerprint density at radius 3 is 2.18 bits per heavy atom. The first-order valence-corrected chi connectivity index (χ1v) is 10.5. The van der Waals surface area contributed by atoms with E-state index >= 15 is 0 Å². The number of hydrogen-bond acceptors (Lipinski definition) is 5. The maximum atomic E-state index is 12.7. The van der Waals surface area contributed by atoms with Gasteiger partial charge >= 0.3 is 12.1 Å². The van der Waals surface area contributed by atoms with Crippen LogP contribution in [0.4, 0.5) is 4.79 Å². The minimum atomic E-state index is -1.28. The first kappa shape index (κ1) is 25.5. The summed E-state index contributed by atoms with van der Waals surface area (Å²) in [5, 5.41) is 14.1. The van der Waals surface area contributed by atoms with Gasteiger partial charge in [-0.25, -0.2) is 9.59 Å². The van der Waals surface area contributed by atoms with E-state index in [2.05, 4.69) is 17.2 Å². The van der Waals surface area contributed by atoms with E-state index in [-0.39, 0.29) is 6.42 Å². The van der Waals surface area contributed by atoms with Crippen LogP contribution >= 0.6 is 0 Å². The number of carboxylic acid groups (broad SMARTS) is 1. The second-order valence-electron chi connectivity index (χ2n) is 8.38. The van der Waals surface area contributed by atoms with E-state index in [1.807, 2.05) is 30.3 Å². The van der Waals surface area contributed by atoms with Gasteiger partial charge in [0.25, 0.3) is 0 Å². The summed E-state index contributed by atoms with van der Waals surface area (Å²) < 4.78 is 11.0. The SMILES string of the molecule is C=C[C@H](NC(=O)[C@H](Cc1ccc(OCc2ccccc2)cc1)NC(=O)OC(C)(C)C)C(=O)O.